The molecule has 1 aliphatic heterocycles. The maximum Gasteiger partial charge on any atom is 0.233 e. The second kappa shape index (κ2) is 6.03. The van der Waals surface area contributed by atoms with Crippen molar-refractivity contribution >= 4 is 15.9 Å². The molecule has 2 aromatic rings. The predicted molar refractivity (Wildman–Crippen MR) is 78.5 cm³/mol. The van der Waals surface area contributed by atoms with E-state index in [-0.39, 0.29) is 5.92 Å². The third kappa shape index (κ3) is 2.63. The van der Waals surface area contributed by atoms with Gasteiger partial charge >= 0.3 is 0 Å². The SMILES string of the molecule is CNC1CCOCC1c1nc(-c2ccccc2Br)no1. The zero-order valence-corrected chi connectivity index (χ0v) is 12.8. The van der Waals surface area contributed by atoms with Crippen molar-refractivity contribution in [1.82, 2.24) is 15.5 Å². The molecule has 1 N–H and O–H groups in total. The van der Waals surface area contributed by atoms with Gasteiger partial charge in [-0.2, -0.15) is 4.98 Å². The van der Waals surface area contributed by atoms with Gasteiger partial charge in [0.25, 0.3) is 0 Å². The van der Waals surface area contributed by atoms with Gasteiger partial charge in [0.15, 0.2) is 0 Å². The molecule has 0 aliphatic carbocycles. The third-order valence-electron chi connectivity index (χ3n) is 3.60. The van der Waals surface area contributed by atoms with Gasteiger partial charge < -0.3 is 14.6 Å². The van der Waals surface area contributed by atoms with Crippen LogP contribution < -0.4 is 5.32 Å². The Hall–Kier alpha value is -1.24. The summed E-state index contributed by atoms with van der Waals surface area (Å²) in [5.74, 6) is 1.35. The number of ether oxygens (including phenoxy) is 1. The highest BCUT2D eigenvalue weighted by molar-refractivity contribution is 9.10. The summed E-state index contributed by atoms with van der Waals surface area (Å²) in [5, 5.41) is 7.39. The number of likely N-dealkylation sites (N-methyl/N-ethyl adjacent to an activating group) is 1. The van der Waals surface area contributed by atoms with E-state index < -0.39 is 0 Å². The molecule has 6 heteroatoms. The largest absolute Gasteiger partial charge is 0.381 e. The highest BCUT2D eigenvalue weighted by Gasteiger charge is 2.30. The van der Waals surface area contributed by atoms with Gasteiger partial charge in [0, 0.05) is 22.7 Å². The lowest BCUT2D eigenvalue weighted by Crippen LogP contribution is -2.39. The van der Waals surface area contributed by atoms with Crippen LogP contribution in [0.2, 0.25) is 0 Å². The fourth-order valence-corrected chi connectivity index (χ4v) is 2.93. The Labute approximate surface area is 125 Å². The second-order valence-corrected chi connectivity index (χ2v) is 5.66. The average molecular weight is 338 g/mol. The monoisotopic (exact) mass is 337 g/mol. The molecule has 0 amide bonds. The third-order valence-corrected chi connectivity index (χ3v) is 4.29. The van der Waals surface area contributed by atoms with Crippen molar-refractivity contribution in [2.24, 2.45) is 0 Å². The molecule has 5 nitrogen and oxygen atoms in total. The maximum atomic E-state index is 5.53. The van der Waals surface area contributed by atoms with Crippen molar-refractivity contribution < 1.29 is 9.26 Å². The molecular formula is C14H16BrN3O2. The first-order valence-corrected chi connectivity index (χ1v) is 7.42. The Bertz CT molecular complexity index is 587. The summed E-state index contributed by atoms with van der Waals surface area (Å²) in [7, 11) is 1.95. The van der Waals surface area contributed by atoms with Crippen LogP contribution in [0.1, 0.15) is 18.2 Å². The molecule has 0 saturated carbocycles. The molecule has 106 valence electrons. The van der Waals surface area contributed by atoms with Gasteiger partial charge in [-0.05, 0) is 25.6 Å². The predicted octanol–water partition coefficient (Wildman–Crippen LogP) is 2.59. The topological polar surface area (TPSA) is 60.2 Å². The molecule has 3 rings (SSSR count). The standard InChI is InChI=1S/C14H16BrN3O2/c1-16-12-6-7-19-8-10(12)14-17-13(18-20-14)9-4-2-3-5-11(9)15/h2-5,10,12,16H,6-8H2,1H3. The molecule has 1 fully saturated rings. The summed E-state index contributed by atoms with van der Waals surface area (Å²) in [6.07, 6.45) is 0.952. The first-order chi connectivity index (χ1) is 9.79. The van der Waals surface area contributed by atoms with Crippen LogP contribution in [0.5, 0.6) is 0 Å². The van der Waals surface area contributed by atoms with E-state index in [1.54, 1.807) is 0 Å². The highest BCUT2D eigenvalue weighted by Crippen LogP contribution is 2.29. The van der Waals surface area contributed by atoms with Crippen molar-refractivity contribution in [3.8, 4) is 11.4 Å². The first kappa shape index (κ1) is 13.7. The highest BCUT2D eigenvalue weighted by atomic mass is 79.9. The van der Waals surface area contributed by atoms with Gasteiger partial charge in [0.1, 0.15) is 0 Å². The Morgan fingerprint density at radius 3 is 3.00 bits per heavy atom. The van der Waals surface area contributed by atoms with Crippen molar-refractivity contribution in [3.63, 3.8) is 0 Å². The van der Waals surface area contributed by atoms with E-state index in [2.05, 4.69) is 31.4 Å². The van der Waals surface area contributed by atoms with Gasteiger partial charge in [-0.1, -0.05) is 33.2 Å². The van der Waals surface area contributed by atoms with E-state index in [9.17, 15) is 0 Å². The summed E-state index contributed by atoms with van der Waals surface area (Å²) in [6, 6.07) is 8.16. The lowest BCUT2D eigenvalue weighted by Gasteiger charge is -2.28. The van der Waals surface area contributed by atoms with Gasteiger partial charge in [-0.15, -0.1) is 0 Å². The van der Waals surface area contributed by atoms with Gasteiger partial charge in [0.05, 0.1) is 12.5 Å². The molecule has 0 bridgehead atoms. The van der Waals surface area contributed by atoms with Crippen molar-refractivity contribution in [1.29, 1.82) is 0 Å². The summed E-state index contributed by atoms with van der Waals surface area (Å²) in [6.45, 7) is 1.39. The lowest BCUT2D eigenvalue weighted by molar-refractivity contribution is 0.0516. The normalized spacial score (nSPS) is 22.9. The van der Waals surface area contributed by atoms with Crippen molar-refractivity contribution in [2.45, 2.75) is 18.4 Å². The van der Waals surface area contributed by atoms with Crippen LogP contribution in [0, 0.1) is 0 Å². The van der Waals surface area contributed by atoms with Gasteiger partial charge in [-0.3, -0.25) is 0 Å². The fraction of sp³-hybridized carbons (Fsp3) is 0.429. The summed E-state index contributed by atoms with van der Waals surface area (Å²) >= 11 is 3.51. The van der Waals surface area contributed by atoms with Crippen LogP contribution in [0.4, 0.5) is 0 Å². The minimum absolute atomic E-state index is 0.109. The molecule has 2 heterocycles. The molecule has 0 radical (unpaired) electrons. The number of hydrogen-bond donors (Lipinski definition) is 1. The molecule has 1 aliphatic rings. The quantitative estimate of drug-likeness (QED) is 0.932. The maximum absolute atomic E-state index is 5.53. The first-order valence-electron chi connectivity index (χ1n) is 6.63. The Kier molecular flexibility index (Phi) is 4.14. The van der Waals surface area contributed by atoms with Crippen LogP contribution in [0.3, 0.4) is 0 Å². The van der Waals surface area contributed by atoms with Crippen LogP contribution in [-0.4, -0.2) is 36.4 Å². The Morgan fingerprint density at radius 1 is 1.35 bits per heavy atom. The molecule has 1 aromatic heterocycles. The minimum Gasteiger partial charge on any atom is -0.381 e. The van der Waals surface area contributed by atoms with E-state index >= 15 is 0 Å². The lowest BCUT2D eigenvalue weighted by atomic mass is 9.96. The number of nitrogens with one attached hydrogen (secondary N) is 1. The number of hydrogen-bond acceptors (Lipinski definition) is 5. The van der Waals surface area contributed by atoms with E-state index in [1.807, 2.05) is 31.3 Å². The summed E-state index contributed by atoms with van der Waals surface area (Å²) in [4.78, 5) is 4.54. The Morgan fingerprint density at radius 2 is 2.20 bits per heavy atom. The molecule has 0 spiro atoms. The molecule has 1 saturated heterocycles. The fourth-order valence-electron chi connectivity index (χ4n) is 2.46. The number of benzene rings is 1. The van der Waals surface area contributed by atoms with E-state index in [4.69, 9.17) is 9.26 Å². The second-order valence-electron chi connectivity index (χ2n) is 4.80. The number of rotatable bonds is 3. The van der Waals surface area contributed by atoms with E-state index in [0.29, 0.717) is 24.4 Å². The summed E-state index contributed by atoms with van der Waals surface area (Å²) < 4.78 is 11.9. The van der Waals surface area contributed by atoms with Crippen LogP contribution >= 0.6 is 15.9 Å². The zero-order chi connectivity index (χ0) is 13.9. The number of aromatic nitrogens is 2. The van der Waals surface area contributed by atoms with Crippen LogP contribution in [0.15, 0.2) is 33.3 Å². The zero-order valence-electron chi connectivity index (χ0n) is 11.2. The van der Waals surface area contributed by atoms with Crippen molar-refractivity contribution in [3.05, 3.63) is 34.6 Å². The number of nitrogens with zero attached hydrogens (tertiary/aromatic N) is 2. The molecule has 2 atom stereocenters. The molecule has 1 aromatic carbocycles. The molecule has 2 unspecified atom stereocenters. The molecular weight excluding hydrogens is 322 g/mol. The van der Waals surface area contributed by atoms with E-state index in [1.165, 1.54) is 0 Å². The number of halogens is 1. The van der Waals surface area contributed by atoms with E-state index in [0.717, 1.165) is 23.1 Å². The van der Waals surface area contributed by atoms with Gasteiger partial charge in [0.2, 0.25) is 11.7 Å². The minimum atomic E-state index is 0.109. The molecule has 20 heavy (non-hydrogen) atoms. The van der Waals surface area contributed by atoms with Crippen molar-refractivity contribution in [2.75, 3.05) is 20.3 Å². The smallest absolute Gasteiger partial charge is 0.233 e. The Balaban J connectivity index is 1.88. The summed E-state index contributed by atoms with van der Waals surface area (Å²) in [5.41, 5.74) is 0.931. The average Bonchev–Trinajstić information content (AvgIpc) is 2.97. The van der Waals surface area contributed by atoms with Crippen LogP contribution in [0.25, 0.3) is 11.4 Å². The van der Waals surface area contributed by atoms with Crippen LogP contribution in [-0.2, 0) is 4.74 Å². The van der Waals surface area contributed by atoms with Gasteiger partial charge in [-0.25, -0.2) is 0 Å².